The quantitative estimate of drug-likeness (QED) is 0.457. The molecule has 0 radical (unpaired) electrons. The molecule has 0 amide bonds. The Morgan fingerprint density at radius 3 is 2.55 bits per heavy atom. The number of fused-ring (bicyclic) bond motifs is 2. The summed E-state index contributed by atoms with van der Waals surface area (Å²) in [5, 5.41) is 2.36. The van der Waals surface area contributed by atoms with Crippen LogP contribution >= 0.6 is 0 Å². The summed E-state index contributed by atoms with van der Waals surface area (Å²) in [5.74, 6) is 0.870. The Balaban J connectivity index is 2.01. The fraction of sp³-hybridized carbons (Fsp3) is 0.150. The maximum Gasteiger partial charge on any atom is 0.156 e. The van der Waals surface area contributed by atoms with Crippen molar-refractivity contribution in [3.63, 3.8) is 0 Å². The molecule has 0 atom stereocenters. The van der Waals surface area contributed by atoms with Gasteiger partial charge >= 0.3 is 0 Å². The molecule has 0 bridgehead atoms. The number of benzene rings is 2. The van der Waals surface area contributed by atoms with Gasteiger partial charge in [0.1, 0.15) is 11.3 Å². The van der Waals surface area contributed by atoms with Gasteiger partial charge in [0.05, 0.1) is 5.52 Å². The lowest BCUT2D eigenvalue weighted by Crippen LogP contribution is -1.88. The minimum atomic E-state index is 0.870. The zero-order valence-corrected chi connectivity index (χ0v) is 13.0. The first kappa shape index (κ1) is 13.1. The Morgan fingerprint density at radius 2 is 1.68 bits per heavy atom. The number of aromatic nitrogens is 1. The molecule has 4 aromatic rings. The van der Waals surface area contributed by atoms with E-state index in [9.17, 15) is 0 Å². The third-order valence-electron chi connectivity index (χ3n) is 4.25. The van der Waals surface area contributed by atoms with Crippen LogP contribution in [0.25, 0.3) is 33.3 Å². The molecule has 22 heavy (non-hydrogen) atoms. The number of rotatable bonds is 1. The number of pyridine rings is 1. The van der Waals surface area contributed by atoms with Gasteiger partial charge in [0.25, 0.3) is 0 Å². The van der Waals surface area contributed by atoms with Crippen LogP contribution in [0.5, 0.6) is 0 Å². The van der Waals surface area contributed by atoms with Crippen LogP contribution in [-0.4, -0.2) is 4.98 Å². The number of nitrogens with zero attached hydrogens (tertiary/aromatic N) is 1. The molecule has 0 aliphatic heterocycles. The lowest BCUT2D eigenvalue weighted by molar-refractivity contribution is 0.626. The van der Waals surface area contributed by atoms with E-state index < -0.39 is 0 Å². The Hall–Kier alpha value is -2.61. The van der Waals surface area contributed by atoms with Crippen molar-refractivity contribution in [2.24, 2.45) is 0 Å². The smallest absolute Gasteiger partial charge is 0.156 e. The van der Waals surface area contributed by atoms with Gasteiger partial charge in [0.15, 0.2) is 5.76 Å². The summed E-state index contributed by atoms with van der Waals surface area (Å²) >= 11 is 0. The summed E-state index contributed by atoms with van der Waals surface area (Å²) in [6.07, 6.45) is 0. The van der Waals surface area contributed by atoms with E-state index in [-0.39, 0.29) is 0 Å². The van der Waals surface area contributed by atoms with Gasteiger partial charge in [-0.15, -0.1) is 0 Å². The Kier molecular flexibility index (Phi) is 2.80. The molecule has 0 aliphatic carbocycles. The molecular weight excluding hydrogens is 270 g/mol. The van der Waals surface area contributed by atoms with E-state index in [0.29, 0.717) is 0 Å². The monoisotopic (exact) mass is 287 g/mol. The summed E-state index contributed by atoms with van der Waals surface area (Å²) in [7, 11) is 0. The van der Waals surface area contributed by atoms with Crippen molar-refractivity contribution in [3.8, 4) is 11.5 Å². The number of para-hydroxylation sites is 1. The normalized spacial score (nSPS) is 11.4. The van der Waals surface area contributed by atoms with Crippen molar-refractivity contribution >= 4 is 21.9 Å². The number of hydrogen-bond acceptors (Lipinski definition) is 2. The topological polar surface area (TPSA) is 26.0 Å². The van der Waals surface area contributed by atoms with Gasteiger partial charge in [0.2, 0.25) is 0 Å². The van der Waals surface area contributed by atoms with Crippen molar-refractivity contribution in [1.82, 2.24) is 4.98 Å². The van der Waals surface area contributed by atoms with Crippen LogP contribution in [-0.2, 0) is 0 Å². The minimum absolute atomic E-state index is 0.870. The van der Waals surface area contributed by atoms with Crippen LogP contribution in [0.4, 0.5) is 0 Å². The first-order chi connectivity index (χ1) is 10.6. The van der Waals surface area contributed by atoms with E-state index in [0.717, 1.165) is 28.1 Å². The summed E-state index contributed by atoms with van der Waals surface area (Å²) < 4.78 is 6.08. The first-order valence-corrected chi connectivity index (χ1v) is 7.50. The van der Waals surface area contributed by atoms with Gasteiger partial charge in [-0.25, -0.2) is 4.98 Å². The third kappa shape index (κ3) is 1.92. The predicted molar refractivity (Wildman–Crippen MR) is 91.2 cm³/mol. The van der Waals surface area contributed by atoms with Crippen LogP contribution in [0.2, 0.25) is 0 Å². The zero-order chi connectivity index (χ0) is 15.3. The van der Waals surface area contributed by atoms with Crippen LogP contribution in [0.1, 0.15) is 16.7 Å². The molecule has 108 valence electrons. The van der Waals surface area contributed by atoms with E-state index in [1.165, 1.54) is 21.9 Å². The SMILES string of the molecule is Cc1ccc2oc(-c3cc(C)c4ccccc4n3)c(C)c2c1. The minimum Gasteiger partial charge on any atom is -0.454 e. The Labute approximate surface area is 129 Å². The van der Waals surface area contributed by atoms with Crippen LogP contribution in [0.15, 0.2) is 52.9 Å². The molecule has 2 nitrogen and oxygen atoms in total. The second-order valence-electron chi connectivity index (χ2n) is 5.90. The largest absolute Gasteiger partial charge is 0.454 e. The summed E-state index contributed by atoms with van der Waals surface area (Å²) in [6.45, 7) is 6.33. The second-order valence-corrected chi connectivity index (χ2v) is 5.90. The highest BCUT2D eigenvalue weighted by Crippen LogP contribution is 2.34. The van der Waals surface area contributed by atoms with Gasteiger partial charge in [-0.2, -0.15) is 0 Å². The van der Waals surface area contributed by atoms with E-state index >= 15 is 0 Å². The first-order valence-electron chi connectivity index (χ1n) is 7.50. The highest BCUT2D eigenvalue weighted by Gasteiger charge is 2.15. The van der Waals surface area contributed by atoms with Gasteiger partial charge in [-0.05, 0) is 50.6 Å². The molecule has 0 aliphatic rings. The van der Waals surface area contributed by atoms with Gasteiger partial charge in [0, 0.05) is 16.3 Å². The third-order valence-corrected chi connectivity index (χ3v) is 4.25. The average Bonchev–Trinajstić information content (AvgIpc) is 2.84. The summed E-state index contributed by atoms with van der Waals surface area (Å²) in [4.78, 5) is 4.79. The van der Waals surface area contributed by atoms with Gasteiger partial charge in [-0.3, -0.25) is 0 Å². The summed E-state index contributed by atoms with van der Waals surface area (Å²) in [5.41, 5.74) is 6.45. The maximum atomic E-state index is 6.08. The molecule has 4 rings (SSSR count). The molecular formula is C20H17NO. The molecule has 0 saturated heterocycles. The second kappa shape index (κ2) is 4.70. The number of hydrogen-bond donors (Lipinski definition) is 0. The molecule has 0 fully saturated rings. The van der Waals surface area contributed by atoms with Crippen molar-refractivity contribution in [3.05, 3.63) is 65.2 Å². The van der Waals surface area contributed by atoms with Crippen molar-refractivity contribution in [1.29, 1.82) is 0 Å². The van der Waals surface area contributed by atoms with E-state index in [1.54, 1.807) is 0 Å². The molecule has 0 unspecified atom stereocenters. The van der Waals surface area contributed by atoms with E-state index in [1.807, 2.05) is 24.3 Å². The Bertz CT molecular complexity index is 1010. The Morgan fingerprint density at radius 1 is 0.864 bits per heavy atom. The van der Waals surface area contributed by atoms with Gasteiger partial charge < -0.3 is 4.42 Å². The lowest BCUT2D eigenvalue weighted by Gasteiger charge is -2.05. The van der Waals surface area contributed by atoms with E-state index in [4.69, 9.17) is 9.40 Å². The van der Waals surface area contributed by atoms with Crippen LogP contribution in [0, 0.1) is 20.8 Å². The molecule has 2 heteroatoms. The maximum absolute atomic E-state index is 6.08. The van der Waals surface area contributed by atoms with Crippen molar-refractivity contribution < 1.29 is 4.42 Å². The zero-order valence-electron chi connectivity index (χ0n) is 13.0. The molecule has 0 N–H and O–H groups in total. The average molecular weight is 287 g/mol. The number of aryl methyl sites for hydroxylation is 3. The highest BCUT2D eigenvalue weighted by molar-refractivity contribution is 5.90. The molecule has 2 aromatic heterocycles. The molecule has 2 heterocycles. The predicted octanol–water partition coefficient (Wildman–Crippen LogP) is 5.57. The fourth-order valence-electron chi connectivity index (χ4n) is 3.04. The van der Waals surface area contributed by atoms with Crippen LogP contribution in [0.3, 0.4) is 0 Å². The van der Waals surface area contributed by atoms with Crippen molar-refractivity contribution in [2.45, 2.75) is 20.8 Å². The molecule has 0 spiro atoms. The molecule has 0 saturated carbocycles. The fourth-order valence-corrected chi connectivity index (χ4v) is 3.04. The van der Waals surface area contributed by atoms with E-state index in [2.05, 4.69) is 45.0 Å². The lowest BCUT2D eigenvalue weighted by atomic mass is 10.1. The molecule has 2 aromatic carbocycles. The summed E-state index contributed by atoms with van der Waals surface area (Å²) in [6, 6.07) is 16.6. The van der Waals surface area contributed by atoms with Crippen LogP contribution < -0.4 is 0 Å². The van der Waals surface area contributed by atoms with Gasteiger partial charge in [-0.1, -0.05) is 29.8 Å². The number of furan rings is 1. The highest BCUT2D eigenvalue weighted by atomic mass is 16.3. The standard InChI is InChI=1S/C20H17NO/c1-12-8-9-19-16(10-12)14(3)20(22-19)18-11-13(2)15-6-4-5-7-17(15)21-18/h4-11H,1-3H3. The van der Waals surface area contributed by atoms with Crippen molar-refractivity contribution in [2.75, 3.05) is 0 Å².